The summed E-state index contributed by atoms with van der Waals surface area (Å²) in [6, 6.07) is 3.48. The van der Waals surface area contributed by atoms with Gasteiger partial charge in [-0.15, -0.1) is 11.8 Å². The zero-order valence-corrected chi connectivity index (χ0v) is 12.6. The average molecular weight is 306 g/mol. The number of hydrogen-bond donors (Lipinski definition) is 1. The third-order valence-corrected chi connectivity index (χ3v) is 4.66. The summed E-state index contributed by atoms with van der Waals surface area (Å²) in [4.78, 5) is 32.0. The lowest BCUT2D eigenvalue weighted by atomic mass is 10.3. The molecule has 1 N–H and O–H groups in total. The normalized spacial score (nSPS) is 17.5. The van der Waals surface area contributed by atoms with Crippen LogP contribution < -0.4 is 10.2 Å². The van der Waals surface area contributed by atoms with Crippen LogP contribution in [0.1, 0.15) is 12.8 Å². The van der Waals surface area contributed by atoms with E-state index in [-0.39, 0.29) is 18.5 Å². The van der Waals surface area contributed by atoms with Crippen LogP contribution >= 0.6 is 11.8 Å². The highest BCUT2D eigenvalue weighted by Crippen LogP contribution is 2.32. The number of hydrogen-bond acceptors (Lipinski definition) is 4. The Morgan fingerprint density at radius 2 is 2.10 bits per heavy atom. The van der Waals surface area contributed by atoms with Crippen molar-refractivity contribution in [2.75, 3.05) is 36.8 Å². The van der Waals surface area contributed by atoms with Gasteiger partial charge in [-0.2, -0.15) is 0 Å². The van der Waals surface area contributed by atoms with E-state index in [4.69, 9.17) is 0 Å². The third-order valence-electron chi connectivity index (χ3n) is 3.69. The first-order valence-electron chi connectivity index (χ1n) is 7.16. The molecule has 0 saturated carbocycles. The number of anilines is 1. The molecule has 112 valence electrons. The topological polar surface area (TPSA) is 65.5 Å². The SMILES string of the molecule is O=C(CNC(=O)N1CCSc2ncccc21)N1CCCC1. The molecule has 3 amide bonds. The number of urea groups is 1. The largest absolute Gasteiger partial charge is 0.341 e. The van der Waals surface area contributed by atoms with E-state index < -0.39 is 0 Å². The van der Waals surface area contributed by atoms with Gasteiger partial charge >= 0.3 is 6.03 Å². The second kappa shape index (κ2) is 6.34. The van der Waals surface area contributed by atoms with Crippen LogP contribution in [-0.2, 0) is 4.79 Å². The number of aromatic nitrogens is 1. The van der Waals surface area contributed by atoms with Crippen molar-refractivity contribution in [3.63, 3.8) is 0 Å². The Labute approximate surface area is 127 Å². The van der Waals surface area contributed by atoms with E-state index in [1.54, 1.807) is 22.9 Å². The Balaban J connectivity index is 1.60. The number of amides is 3. The first-order chi connectivity index (χ1) is 10.3. The molecule has 3 heterocycles. The molecule has 3 rings (SSSR count). The minimum atomic E-state index is -0.225. The summed E-state index contributed by atoms with van der Waals surface area (Å²) in [5.41, 5.74) is 0.819. The molecule has 0 atom stereocenters. The Kier molecular flexibility index (Phi) is 4.28. The Bertz CT molecular complexity index is 546. The second-order valence-electron chi connectivity index (χ2n) is 5.07. The van der Waals surface area contributed by atoms with Crippen LogP contribution in [0.5, 0.6) is 0 Å². The summed E-state index contributed by atoms with van der Waals surface area (Å²) < 4.78 is 0. The molecule has 2 aliphatic rings. The summed E-state index contributed by atoms with van der Waals surface area (Å²) in [6.45, 7) is 2.31. The molecule has 0 spiro atoms. The van der Waals surface area contributed by atoms with Crippen LogP contribution in [0.2, 0.25) is 0 Å². The van der Waals surface area contributed by atoms with Crippen LogP contribution in [0.25, 0.3) is 0 Å². The number of carbonyl (C=O) groups excluding carboxylic acids is 2. The van der Waals surface area contributed by atoms with E-state index in [0.29, 0.717) is 6.54 Å². The number of likely N-dealkylation sites (tertiary alicyclic amines) is 1. The van der Waals surface area contributed by atoms with E-state index in [1.807, 2.05) is 17.0 Å². The molecule has 0 unspecified atom stereocenters. The zero-order chi connectivity index (χ0) is 14.7. The summed E-state index contributed by atoms with van der Waals surface area (Å²) >= 11 is 1.65. The first kappa shape index (κ1) is 14.2. The van der Waals surface area contributed by atoms with Crippen molar-refractivity contribution in [1.29, 1.82) is 0 Å². The van der Waals surface area contributed by atoms with Crippen molar-refractivity contribution < 1.29 is 9.59 Å². The van der Waals surface area contributed by atoms with Gasteiger partial charge < -0.3 is 10.2 Å². The number of nitrogens with one attached hydrogen (secondary N) is 1. The van der Waals surface area contributed by atoms with E-state index in [9.17, 15) is 9.59 Å². The highest BCUT2D eigenvalue weighted by atomic mass is 32.2. The number of carbonyl (C=O) groups is 2. The standard InChI is InChI=1S/C14H18N4O2S/c19-12(17-6-1-2-7-17)10-16-14(20)18-8-9-21-13-11(18)4-3-5-15-13/h3-5H,1-2,6-10H2,(H,16,20). The van der Waals surface area contributed by atoms with E-state index in [0.717, 1.165) is 42.4 Å². The molecule has 6 nitrogen and oxygen atoms in total. The van der Waals surface area contributed by atoms with Crippen molar-refractivity contribution in [2.45, 2.75) is 17.9 Å². The van der Waals surface area contributed by atoms with Gasteiger partial charge in [-0.1, -0.05) is 0 Å². The van der Waals surface area contributed by atoms with Crippen molar-refractivity contribution in [3.05, 3.63) is 18.3 Å². The van der Waals surface area contributed by atoms with Crippen LogP contribution in [0.4, 0.5) is 10.5 Å². The van der Waals surface area contributed by atoms with Crippen LogP contribution in [-0.4, -0.2) is 53.8 Å². The minimum absolute atomic E-state index is 0.00126. The van der Waals surface area contributed by atoms with Crippen LogP contribution in [0.3, 0.4) is 0 Å². The first-order valence-corrected chi connectivity index (χ1v) is 8.15. The Hall–Kier alpha value is -1.76. The molecule has 0 aromatic carbocycles. The number of thioether (sulfide) groups is 1. The number of fused-ring (bicyclic) bond motifs is 1. The zero-order valence-electron chi connectivity index (χ0n) is 11.7. The van der Waals surface area contributed by atoms with Crippen molar-refractivity contribution in [3.8, 4) is 0 Å². The predicted octanol–water partition coefficient (Wildman–Crippen LogP) is 1.33. The van der Waals surface area contributed by atoms with Crippen molar-refractivity contribution in [1.82, 2.24) is 15.2 Å². The average Bonchev–Trinajstić information content (AvgIpc) is 3.06. The van der Waals surface area contributed by atoms with Crippen molar-refractivity contribution >= 4 is 29.4 Å². The summed E-state index contributed by atoms with van der Waals surface area (Å²) in [5.74, 6) is 0.816. The summed E-state index contributed by atoms with van der Waals surface area (Å²) in [5, 5.41) is 3.59. The monoisotopic (exact) mass is 306 g/mol. The highest BCUT2D eigenvalue weighted by molar-refractivity contribution is 7.99. The van der Waals surface area contributed by atoms with Gasteiger partial charge in [-0.3, -0.25) is 9.69 Å². The van der Waals surface area contributed by atoms with Gasteiger partial charge in [0, 0.05) is 31.6 Å². The molecule has 1 aromatic rings. The lowest BCUT2D eigenvalue weighted by Gasteiger charge is -2.28. The lowest BCUT2D eigenvalue weighted by molar-refractivity contribution is -0.128. The van der Waals surface area contributed by atoms with E-state index in [2.05, 4.69) is 10.3 Å². The summed E-state index contributed by atoms with van der Waals surface area (Å²) in [7, 11) is 0. The molecule has 7 heteroatoms. The van der Waals surface area contributed by atoms with E-state index >= 15 is 0 Å². The molecule has 1 aromatic heterocycles. The maximum atomic E-state index is 12.3. The van der Waals surface area contributed by atoms with Crippen LogP contribution in [0.15, 0.2) is 23.4 Å². The van der Waals surface area contributed by atoms with Gasteiger partial charge in [0.15, 0.2) is 0 Å². The molecule has 1 fully saturated rings. The number of pyridine rings is 1. The Morgan fingerprint density at radius 3 is 2.90 bits per heavy atom. The quantitative estimate of drug-likeness (QED) is 0.895. The molecular formula is C14H18N4O2S. The Morgan fingerprint density at radius 1 is 1.29 bits per heavy atom. The lowest BCUT2D eigenvalue weighted by Crippen LogP contribution is -2.46. The van der Waals surface area contributed by atoms with Gasteiger partial charge in [-0.25, -0.2) is 9.78 Å². The molecule has 21 heavy (non-hydrogen) atoms. The van der Waals surface area contributed by atoms with E-state index in [1.165, 1.54) is 0 Å². The van der Waals surface area contributed by atoms with Crippen molar-refractivity contribution in [2.24, 2.45) is 0 Å². The fraction of sp³-hybridized carbons (Fsp3) is 0.500. The van der Waals surface area contributed by atoms with Gasteiger partial charge in [0.1, 0.15) is 5.03 Å². The van der Waals surface area contributed by atoms with Crippen LogP contribution in [0, 0.1) is 0 Å². The number of nitrogens with zero attached hydrogens (tertiary/aromatic N) is 3. The fourth-order valence-corrected chi connectivity index (χ4v) is 3.52. The molecule has 0 radical (unpaired) electrons. The predicted molar refractivity (Wildman–Crippen MR) is 81.5 cm³/mol. The molecule has 0 aliphatic carbocycles. The molecule has 1 saturated heterocycles. The molecular weight excluding hydrogens is 288 g/mol. The van der Waals surface area contributed by atoms with Gasteiger partial charge in [0.2, 0.25) is 5.91 Å². The number of rotatable bonds is 2. The van der Waals surface area contributed by atoms with Gasteiger partial charge in [0.05, 0.1) is 12.2 Å². The summed E-state index contributed by atoms with van der Waals surface area (Å²) in [6.07, 6.45) is 3.84. The van der Waals surface area contributed by atoms with Gasteiger partial charge in [0.25, 0.3) is 0 Å². The fourth-order valence-electron chi connectivity index (χ4n) is 2.59. The second-order valence-corrected chi connectivity index (χ2v) is 6.16. The maximum Gasteiger partial charge on any atom is 0.322 e. The molecule has 0 bridgehead atoms. The third kappa shape index (κ3) is 3.12. The minimum Gasteiger partial charge on any atom is -0.341 e. The smallest absolute Gasteiger partial charge is 0.322 e. The maximum absolute atomic E-state index is 12.3. The molecule has 2 aliphatic heterocycles. The highest BCUT2D eigenvalue weighted by Gasteiger charge is 2.25. The van der Waals surface area contributed by atoms with Gasteiger partial charge in [-0.05, 0) is 25.0 Å².